The van der Waals surface area contributed by atoms with Crippen LogP contribution in [0.5, 0.6) is 5.75 Å². The Hall–Kier alpha value is -2.93. The second kappa shape index (κ2) is 8.21. The first-order chi connectivity index (χ1) is 13.7. The highest BCUT2D eigenvalue weighted by Crippen LogP contribution is 2.38. The molecule has 1 unspecified atom stereocenters. The predicted octanol–water partition coefficient (Wildman–Crippen LogP) is 2.26. The molecule has 1 atom stereocenters. The van der Waals surface area contributed by atoms with Crippen LogP contribution in [0.4, 0.5) is 0 Å². The number of aromatic nitrogens is 1. The number of carbonyl (C=O) groups excluding carboxylic acids is 2. The van der Waals surface area contributed by atoms with E-state index in [1.807, 2.05) is 51.1 Å². The zero-order valence-corrected chi connectivity index (χ0v) is 17.2. The molecular weight excluding hydrogens is 370 g/mol. The lowest BCUT2D eigenvalue weighted by atomic mass is 9.96. The molecule has 1 aliphatic rings. The summed E-state index contributed by atoms with van der Waals surface area (Å²) in [4.78, 5) is 32.2. The molecular formula is C22H27N3O4. The van der Waals surface area contributed by atoms with E-state index in [9.17, 15) is 14.7 Å². The first kappa shape index (κ1) is 20.8. The summed E-state index contributed by atoms with van der Waals surface area (Å²) in [5.74, 6) is -0.245. The summed E-state index contributed by atoms with van der Waals surface area (Å²) in [6.07, 6.45) is 1.53. The molecule has 0 radical (unpaired) electrons. The number of rotatable bonds is 4. The summed E-state index contributed by atoms with van der Waals surface area (Å²) in [6.45, 7) is 7.14. The summed E-state index contributed by atoms with van der Waals surface area (Å²) < 4.78 is 5.77. The Kier molecular flexibility index (Phi) is 5.88. The molecule has 1 aromatic carbocycles. The van der Waals surface area contributed by atoms with E-state index in [1.165, 1.54) is 11.1 Å². The van der Waals surface area contributed by atoms with Gasteiger partial charge in [0.25, 0.3) is 5.91 Å². The third-order valence-electron chi connectivity index (χ3n) is 4.69. The van der Waals surface area contributed by atoms with Crippen molar-refractivity contribution in [3.63, 3.8) is 0 Å². The van der Waals surface area contributed by atoms with Gasteiger partial charge in [0.05, 0.1) is 12.3 Å². The van der Waals surface area contributed by atoms with Crippen LogP contribution in [0, 0.1) is 6.92 Å². The largest absolute Gasteiger partial charge is 0.481 e. The first-order valence-electron chi connectivity index (χ1n) is 9.58. The van der Waals surface area contributed by atoms with Crippen molar-refractivity contribution >= 4 is 11.8 Å². The molecule has 7 heteroatoms. The van der Waals surface area contributed by atoms with Gasteiger partial charge >= 0.3 is 0 Å². The number of fused-ring (bicyclic) bond motifs is 1. The van der Waals surface area contributed by atoms with E-state index in [2.05, 4.69) is 10.3 Å². The maximum absolute atomic E-state index is 13.4. The molecule has 1 aromatic heterocycles. The fourth-order valence-corrected chi connectivity index (χ4v) is 3.44. The van der Waals surface area contributed by atoms with Gasteiger partial charge in [0.15, 0.2) is 6.61 Å². The number of nitrogens with one attached hydrogen (secondary N) is 1. The third-order valence-corrected chi connectivity index (χ3v) is 4.69. The fourth-order valence-electron chi connectivity index (χ4n) is 3.44. The van der Waals surface area contributed by atoms with Crippen LogP contribution in [-0.2, 0) is 22.7 Å². The lowest BCUT2D eigenvalue weighted by molar-refractivity contribution is -0.142. The van der Waals surface area contributed by atoms with Crippen LogP contribution in [0.3, 0.4) is 0 Å². The molecule has 2 aromatic rings. The van der Waals surface area contributed by atoms with E-state index in [0.29, 0.717) is 22.6 Å². The summed E-state index contributed by atoms with van der Waals surface area (Å²) in [5.41, 5.74) is 1.93. The zero-order valence-electron chi connectivity index (χ0n) is 17.2. The number of nitrogens with zero attached hydrogens (tertiary/aromatic N) is 2. The molecule has 0 aliphatic carbocycles. The summed E-state index contributed by atoms with van der Waals surface area (Å²) in [6, 6.07) is 8.55. The second-order valence-electron chi connectivity index (χ2n) is 8.21. The average molecular weight is 397 g/mol. The van der Waals surface area contributed by atoms with Crippen LogP contribution in [0.2, 0.25) is 0 Å². The maximum Gasteiger partial charge on any atom is 0.261 e. The number of carbonyl (C=O) groups is 2. The molecule has 0 fully saturated rings. The van der Waals surface area contributed by atoms with Crippen molar-refractivity contribution in [1.82, 2.24) is 15.2 Å². The molecule has 1 aliphatic heterocycles. The minimum atomic E-state index is -0.941. The van der Waals surface area contributed by atoms with E-state index in [4.69, 9.17) is 4.74 Å². The van der Waals surface area contributed by atoms with E-state index < -0.39 is 11.6 Å². The number of aryl methyl sites for hydroxylation is 1. The second-order valence-corrected chi connectivity index (χ2v) is 8.21. The number of aliphatic hydroxyl groups is 1. The molecule has 2 heterocycles. The van der Waals surface area contributed by atoms with Crippen molar-refractivity contribution < 1.29 is 19.4 Å². The van der Waals surface area contributed by atoms with Crippen LogP contribution in [0.1, 0.15) is 49.2 Å². The van der Waals surface area contributed by atoms with Crippen LogP contribution in [0.25, 0.3) is 0 Å². The van der Waals surface area contributed by atoms with Gasteiger partial charge in [-0.2, -0.15) is 0 Å². The number of pyridine rings is 1. The number of hydrogen-bond acceptors (Lipinski definition) is 5. The highest BCUT2D eigenvalue weighted by molar-refractivity contribution is 5.91. The first-order valence-corrected chi connectivity index (χ1v) is 9.58. The Morgan fingerprint density at radius 2 is 2.00 bits per heavy atom. The summed E-state index contributed by atoms with van der Waals surface area (Å²) in [7, 11) is 0. The number of benzene rings is 1. The number of amides is 2. The topological polar surface area (TPSA) is 91.8 Å². The SMILES string of the molecule is Cc1ncc(CO)c2c1OCC(=O)N(Cc1ccccc1)C2C(=O)NC(C)(C)C. The standard InChI is InChI=1S/C22H27N3O4/c1-14-20-18(16(12-26)10-23-14)19(21(28)24-22(2,3)4)25(17(27)13-29-20)11-15-8-6-5-7-9-15/h5-10,19,26H,11-13H2,1-4H3,(H,24,28). The summed E-state index contributed by atoms with van der Waals surface area (Å²) in [5, 5.41) is 12.9. The van der Waals surface area contributed by atoms with Crippen LogP contribution < -0.4 is 10.1 Å². The van der Waals surface area contributed by atoms with Crippen LogP contribution >= 0.6 is 0 Å². The molecule has 154 valence electrons. The van der Waals surface area contributed by atoms with Crippen LogP contribution in [0.15, 0.2) is 36.5 Å². The van der Waals surface area contributed by atoms with E-state index >= 15 is 0 Å². The van der Waals surface area contributed by atoms with Gasteiger partial charge in [-0.25, -0.2) is 0 Å². The molecule has 2 amide bonds. The summed E-state index contributed by atoms with van der Waals surface area (Å²) >= 11 is 0. The highest BCUT2D eigenvalue weighted by Gasteiger charge is 2.39. The lowest BCUT2D eigenvalue weighted by Crippen LogP contribution is -2.49. The maximum atomic E-state index is 13.4. The van der Waals surface area contributed by atoms with Gasteiger partial charge < -0.3 is 20.1 Å². The minimum Gasteiger partial charge on any atom is -0.481 e. The third kappa shape index (κ3) is 4.56. The zero-order chi connectivity index (χ0) is 21.2. The number of ether oxygens (including phenoxy) is 1. The van der Waals surface area contributed by atoms with Gasteiger partial charge in [0, 0.05) is 29.4 Å². The monoisotopic (exact) mass is 397 g/mol. The van der Waals surface area contributed by atoms with E-state index in [0.717, 1.165) is 5.56 Å². The molecule has 0 spiro atoms. The Bertz CT molecular complexity index is 906. The average Bonchev–Trinajstić information content (AvgIpc) is 2.80. The quantitative estimate of drug-likeness (QED) is 0.826. The molecule has 0 bridgehead atoms. The lowest BCUT2D eigenvalue weighted by Gasteiger charge is -2.33. The van der Waals surface area contributed by atoms with Crippen LogP contribution in [-0.4, -0.2) is 39.0 Å². The van der Waals surface area contributed by atoms with Crippen molar-refractivity contribution in [2.45, 2.75) is 52.4 Å². The molecule has 7 nitrogen and oxygen atoms in total. The van der Waals surface area contributed by atoms with Crippen molar-refractivity contribution in [2.75, 3.05) is 6.61 Å². The smallest absolute Gasteiger partial charge is 0.261 e. The molecule has 2 N–H and O–H groups in total. The Morgan fingerprint density at radius 1 is 1.31 bits per heavy atom. The molecule has 0 saturated heterocycles. The highest BCUT2D eigenvalue weighted by atomic mass is 16.5. The number of hydrogen-bond donors (Lipinski definition) is 2. The minimum absolute atomic E-state index is 0.198. The van der Waals surface area contributed by atoms with Crippen molar-refractivity contribution in [3.05, 3.63) is 58.9 Å². The Morgan fingerprint density at radius 3 is 2.62 bits per heavy atom. The Labute approximate surface area is 170 Å². The Balaban J connectivity index is 2.16. The van der Waals surface area contributed by atoms with Gasteiger partial charge in [-0.3, -0.25) is 14.6 Å². The van der Waals surface area contributed by atoms with E-state index in [-0.39, 0.29) is 31.6 Å². The van der Waals surface area contributed by atoms with Gasteiger partial charge in [0.2, 0.25) is 5.91 Å². The van der Waals surface area contributed by atoms with Gasteiger partial charge in [0.1, 0.15) is 11.8 Å². The van der Waals surface area contributed by atoms with Crippen molar-refractivity contribution in [2.24, 2.45) is 0 Å². The van der Waals surface area contributed by atoms with Crippen molar-refractivity contribution in [1.29, 1.82) is 0 Å². The normalized spacial score (nSPS) is 16.7. The fraction of sp³-hybridized carbons (Fsp3) is 0.409. The van der Waals surface area contributed by atoms with Gasteiger partial charge in [-0.1, -0.05) is 30.3 Å². The molecule has 0 saturated carbocycles. The predicted molar refractivity (Wildman–Crippen MR) is 108 cm³/mol. The van der Waals surface area contributed by atoms with Gasteiger partial charge in [-0.05, 0) is 33.3 Å². The van der Waals surface area contributed by atoms with E-state index in [1.54, 1.807) is 6.92 Å². The molecule has 3 rings (SSSR count). The van der Waals surface area contributed by atoms with Gasteiger partial charge in [-0.15, -0.1) is 0 Å². The molecule has 29 heavy (non-hydrogen) atoms. The number of aliphatic hydroxyl groups excluding tert-OH is 1. The van der Waals surface area contributed by atoms with Crippen molar-refractivity contribution in [3.8, 4) is 5.75 Å².